The number of hydrogen-bond acceptors (Lipinski definition) is 8. The molecule has 13 heteroatoms. The molecule has 10 nitrogen and oxygen atoms in total. The number of pyridine rings is 1. The zero-order valence-electron chi connectivity index (χ0n) is 13.7. The van der Waals surface area contributed by atoms with Gasteiger partial charge in [0.05, 0.1) is 11.8 Å². The molecule has 4 N–H and O–H groups in total. The van der Waals surface area contributed by atoms with Gasteiger partial charge in [-0.3, -0.25) is 5.10 Å². The molecule has 0 saturated heterocycles. The third-order valence-electron chi connectivity index (χ3n) is 3.55. The Morgan fingerprint density at radius 2 is 1.93 bits per heavy atom. The van der Waals surface area contributed by atoms with Crippen LogP contribution in [-0.4, -0.2) is 39.7 Å². The van der Waals surface area contributed by atoms with E-state index in [1.54, 1.807) is 13.0 Å². The number of nitrogens with zero attached hydrogens (tertiary/aromatic N) is 7. The lowest BCUT2D eigenvalue weighted by atomic mass is 10.2. The first-order valence-corrected chi connectivity index (χ1v) is 7.52. The first kappa shape index (κ1) is 16.7. The van der Waals surface area contributed by atoms with Crippen molar-refractivity contribution in [3.05, 3.63) is 35.9 Å². The second kappa shape index (κ2) is 5.89. The predicted octanol–water partition coefficient (Wildman–Crippen LogP) is 1.98. The molecule has 138 valence electrons. The Balaban J connectivity index is 2.01. The molecule has 0 bridgehead atoms. The van der Waals surface area contributed by atoms with Gasteiger partial charge in [0.1, 0.15) is 17.2 Å². The smallest absolute Gasteiger partial charge is 0.368 e. The second-order valence-electron chi connectivity index (χ2n) is 5.44. The largest absolute Gasteiger partial charge is 0.418 e. The van der Waals surface area contributed by atoms with E-state index in [2.05, 4.69) is 40.4 Å². The van der Waals surface area contributed by atoms with Gasteiger partial charge < -0.3 is 11.1 Å². The van der Waals surface area contributed by atoms with E-state index in [0.717, 1.165) is 12.3 Å². The highest BCUT2D eigenvalue weighted by atomic mass is 19.4. The summed E-state index contributed by atoms with van der Waals surface area (Å²) in [5, 5.41) is 9.26. The summed E-state index contributed by atoms with van der Waals surface area (Å²) in [7, 11) is 0. The van der Waals surface area contributed by atoms with Crippen LogP contribution in [0.25, 0.3) is 17.1 Å². The number of imidazole rings is 1. The van der Waals surface area contributed by atoms with Crippen LogP contribution in [0.3, 0.4) is 0 Å². The fourth-order valence-electron chi connectivity index (χ4n) is 2.51. The van der Waals surface area contributed by atoms with Crippen LogP contribution in [0.15, 0.2) is 24.5 Å². The van der Waals surface area contributed by atoms with E-state index in [9.17, 15) is 13.2 Å². The van der Waals surface area contributed by atoms with Crippen molar-refractivity contribution in [1.29, 1.82) is 0 Å². The molecule has 4 aromatic rings. The maximum atomic E-state index is 13.4. The van der Waals surface area contributed by atoms with E-state index in [1.165, 1.54) is 10.8 Å². The number of rotatable bonds is 3. The van der Waals surface area contributed by atoms with Crippen molar-refractivity contribution in [3.63, 3.8) is 0 Å². The van der Waals surface area contributed by atoms with Crippen molar-refractivity contribution in [2.45, 2.75) is 13.1 Å². The molecule has 0 aliphatic rings. The van der Waals surface area contributed by atoms with Gasteiger partial charge in [-0.05, 0) is 13.0 Å². The minimum atomic E-state index is -4.61. The Bertz CT molecular complexity index is 1100. The molecule has 0 aliphatic heterocycles. The van der Waals surface area contributed by atoms with Crippen LogP contribution in [0.4, 0.5) is 30.9 Å². The summed E-state index contributed by atoms with van der Waals surface area (Å²) in [6.45, 7) is 1.58. The molecule has 0 saturated carbocycles. The molecule has 4 rings (SSSR count). The number of nitrogen functional groups attached to an aromatic ring is 1. The normalized spacial score (nSPS) is 11.9. The summed E-state index contributed by atoms with van der Waals surface area (Å²) in [6.07, 6.45) is -2.10. The Morgan fingerprint density at radius 3 is 2.59 bits per heavy atom. The average molecular weight is 376 g/mol. The van der Waals surface area contributed by atoms with Crippen LogP contribution in [0, 0.1) is 6.92 Å². The number of alkyl halides is 3. The van der Waals surface area contributed by atoms with E-state index in [0.29, 0.717) is 11.6 Å². The van der Waals surface area contributed by atoms with Crippen LogP contribution in [0.5, 0.6) is 0 Å². The molecule has 4 heterocycles. The van der Waals surface area contributed by atoms with Crippen molar-refractivity contribution in [1.82, 2.24) is 39.7 Å². The van der Waals surface area contributed by atoms with E-state index in [4.69, 9.17) is 5.73 Å². The van der Waals surface area contributed by atoms with Gasteiger partial charge >= 0.3 is 6.18 Å². The summed E-state index contributed by atoms with van der Waals surface area (Å²) in [5.41, 5.74) is 4.29. The molecule has 4 aromatic heterocycles. The molecule has 0 amide bonds. The fourth-order valence-corrected chi connectivity index (χ4v) is 2.51. The number of nitrogens with two attached hydrogens (primary N) is 1. The van der Waals surface area contributed by atoms with E-state index in [1.807, 2.05) is 0 Å². The Labute approximate surface area is 148 Å². The van der Waals surface area contributed by atoms with Gasteiger partial charge in [0.25, 0.3) is 0 Å². The van der Waals surface area contributed by atoms with Crippen LogP contribution in [0.2, 0.25) is 0 Å². The number of H-pyrrole nitrogens is 1. The van der Waals surface area contributed by atoms with Crippen LogP contribution >= 0.6 is 0 Å². The van der Waals surface area contributed by atoms with Gasteiger partial charge in [-0.15, -0.1) is 0 Å². The summed E-state index contributed by atoms with van der Waals surface area (Å²) < 4.78 is 41.4. The maximum Gasteiger partial charge on any atom is 0.418 e. The van der Waals surface area contributed by atoms with Gasteiger partial charge in [0.2, 0.25) is 17.8 Å². The lowest BCUT2D eigenvalue weighted by Crippen LogP contribution is -2.11. The Kier molecular flexibility index (Phi) is 3.64. The minimum Gasteiger partial charge on any atom is -0.368 e. The fraction of sp³-hybridized carbons (Fsp3) is 0.143. The molecule has 0 spiro atoms. The zero-order chi connectivity index (χ0) is 19.2. The number of aryl methyl sites for hydroxylation is 1. The number of aromatic nitrogens is 8. The topological polar surface area (TPSA) is 136 Å². The molecule has 27 heavy (non-hydrogen) atoms. The quantitative estimate of drug-likeness (QED) is 0.494. The SMILES string of the molecule is Cc1nc(N)nc(-n2c(Nc3ccn[nH]3)nc3c(C(F)(F)F)ccnc32)n1. The van der Waals surface area contributed by atoms with Gasteiger partial charge in [-0.2, -0.15) is 33.2 Å². The maximum absolute atomic E-state index is 13.4. The zero-order valence-corrected chi connectivity index (χ0v) is 13.7. The van der Waals surface area contributed by atoms with E-state index < -0.39 is 11.7 Å². The van der Waals surface area contributed by atoms with Crippen molar-refractivity contribution in [2.75, 3.05) is 11.1 Å². The molecular formula is C14H11F3N10. The van der Waals surface area contributed by atoms with Crippen molar-refractivity contribution >= 4 is 28.9 Å². The third kappa shape index (κ3) is 2.98. The van der Waals surface area contributed by atoms with Crippen molar-refractivity contribution in [2.24, 2.45) is 0 Å². The number of aromatic amines is 1. The highest BCUT2D eigenvalue weighted by molar-refractivity contribution is 5.81. The first-order chi connectivity index (χ1) is 12.8. The highest BCUT2D eigenvalue weighted by Crippen LogP contribution is 2.35. The number of nitrogens with one attached hydrogen (secondary N) is 2. The second-order valence-corrected chi connectivity index (χ2v) is 5.44. The summed E-state index contributed by atoms with van der Waals surface area (Å²) in [6, 6.07) is 2.43. The highest BCUT2D eigenvalue weighted by Gasteiger charge is 2.35. The number of anilines is 3. The first-order valence-electron chi connectivity index (χ1n) is 7.52. The van der Waals surface area contributed by atoms with Crippen molar-refractivity contribution in [3.8, 4) is 5.95 Å². The van der Waals surface area contributed by atoms with Gasteiger partial charge in [-0.1, -0.05) is 0 Å². The van der Waals surface area contributed by atoms with Gasteiger partial charge in [0.15, 0.2) is 5.65 Å². The Hall–Kier alpha value is -3.77. The van der Waals surface area contributed by atoms with E-state index in [-0.39, 0.29) is 29.0 Å². The standard InChI is InChI=1S/C14H11F3N10/c1-6-21-11(18)25-12(22-6)27-10-9(7(2-4-19-10)14(15,16)17)24-13(27)23-8-3-5-20-26-8/h2-5H,1H3,(H2,18,21,22,25)(H2,20,23,24,26). The summed E-state index contributed by atoms with van der Waals surface area (Å²) in [5.74, 6) is 0.594. The number of fused-ring (bicyclic) bond motifs is 1. The lowest BCUT2D eigenvalue weighted by molar-refractivity contribution is -0.136. The third-order valence-corrected chi connectivity index (χ3v) is 3.55. The summed E-state index contributed by atoms with van der Waals surface area (Å²) in [4.78, 5) is 20.1. The minimum absolute atomic E-state index is 0.00319. The predicted molar refractivity (Wildman–Crippen MR) is 88.3 cm³/mol. The van der Waals surface area contributed by atoms with E-state index >= 15 is 0 Å². The lowest BCUT2D eigenvalue weighted by Gasteiger charge is -2.09. The van der Waals surface area contributed by atoms with Crippen molar-refractivity contribution < 1.29 is 13.2 Å². The molecule has 0 atom stereocenters. The average Bonchev–Trinajstić information content (AvgIpc) is 3.19. The molecular weight excluding hydrogens is 365 g/mol. The van der Waals surface area contributed by atoms with Crippen LogP contribution < -0.4 is 11.1 Å². The molecule has 0 unspecified atom stereocenters. The molecule has 0 fully saturated rings. The van der Waals surface area contributed by atoms with Crippen LogP contribution in [-0.2, 0) is 6.18 Å². The molecule has 0 aromatic carbocycles. The number of hydrogen-bond donors (Lipinski definition) is 3. The van der Waals surface area contributed by atoms with Gasteiger partial charge in [-0.25, -0.2) is 14.5 Å². The Morgan fingerprint density at radius 1 is 1.11 bits per heavy atom. The summed E-state index contributed by atoms with van der Waals surface area (Å²) >= 11 is 0. The van der Waals surface area contributed by atoms with Crippen LogP contribution in [0.1, 0.15) is 11.4 Å². The monoisotopic (exact) mass is 376 g/mol. The molecule has 0 aliphatic carbocycles. The number of halogens is 3. The van der Waals surface area contributed by atoms with Gasteiger partial charge in [0, 0.05) is 12.3 Å². The molecule has 0 radical (unpaired) electrons.